The van der Waals surface area contributed by atoms with E-state index in [2.05, 4.69) is 4.18 Å². The zero-order valence-corrected chi connectivity index (χ0v) is 10.5. The molecule has 94 valence electrons. The van der Waals surface area contributed by atoms with Crippen molar-refractivity contribution in [2.24, 2.45) is 0 Å². The molecule has 0 aromatic heterocycles. The van der Waals surface area contributed by atoms with Gasteiger partial charge in [-0.2, -0.15) is 8.42 Å². The molecule has 15 heavy (non-hydrogen) atoms. The summed E-state index contributed by atoms with van der Waals surface area (Å²) in [5, 5.41) is 0. The number of rotatable bonds is 7. The molecule has 0 bridgehead atoms. The first-order valence-corrected chi connectivity index (χ1v) is 6.54. The molecule has 0 aliphatic carbocycles. The van der Waals surface area contributed by atoms with Gasteiger partial charge >= 0.3 is 10.4 Å². The standard InChI is InChI=1S/C5H12O4S.C4H10O/c1-2-3-4-5-9-10(6,7)8;1-3-5-4-2/h2-5H2,1H3,(H,6,7,8);3-4H2,1-2H3. The predicted octanol–water partition coefficient (Wildman–Crippen LogP) is 2.04. The molecule has 0 amide bonds. The van der Waals surface area contributed by atoms with Crippen LogP contribution >= 0.6 is 0 Å². The number of unbranched alkanes of at least 4 members (excludes halogenated alkanes) is 2. The Morgan fingerprint density at radius 1 is 1.07 bits per heavy atom. The van der Waals surface area contributed by atoms with Gasteiger partial charge in [-0.05, 0) is 20.3 Å². The van der Waals surface area contributed by atoms with Crippen LogP contribution in [0.5, 0.6) is 0 Å². The molecule has 0 heterocycles. The minimum absolute atomic E-state index is 0.0761. The maximum Gasteiger partial charge on any atom is 0.397 e. The van der Waals surface area contributed by atoms with Gasteiger partial charge in [0.2, 0.25) is 0 Å². The first-order valence-electron chi connectivity index (χ1n) is 5.17. The Bertz CT molecular complexity index is 199. The van der Waals surface area contributed by atoms with Gasteiger partial charge in [-0.15, -0.1) is 0 Å². The van der Waals surface area contributed by atoms with E-state index in [1.165, 1.54) is 0 Å². The van der Waals surface area contributed by atoms with Gasteiger partial charge in [-0.3, -0.25) is 4.55 Å². The quantitative estimate of drug-likeness (QED) is 0.546. The van der Waals surface area contributed by atoms with E-state index in [1.807, 2.05) is 20.8 Å². The molecule has 0 saturated carbocycles. The summed E-state index contributed by atoms with van der Waals surface area (Å²) >= 11 is 0. The molecule has 0 aromatic rings. The van der Waals surface area contributed by atoms with Gasteiger partial charge in [-0.25, -0.2) is 4.18 Å². The molecule has 0 aliphatic heterocycles. The summed E-state index contributed by atoms with van der Waals surface area (Å²) in [4.78, 5) is 0. The fourth-order valence-electron chi connectivity index (χ4n) is 0.720. The Labute approximate surface area is 92.7 Å². The molecule has 0 fully saturated rings. The van der Waals surface area contributed by atoms with E-state index >= 15 is 0 Å². The van der Waals surface area contributed by atoms with Gasteiger partial charge in [-0.1, -0.05) is 19.8 Å². The molecule has 0 unspecified atom stereocenters. The van der Waals surface area contributed by atoms with Crippen molar-refractivity contribution >= 4 is 10.4 Å². The highest BCUT2D eigenvalue weighted by atomic mass is 32.3. The zero-order chi connectivity index (χ0) is 12.2. The van der Waals surface area contributed by atoms with Crippen molar-refractivity contribution in [3.8, 4) is 0 Å². The van der Waals surface area contributed by atoms with Crippen molar-refractivity contribution in [2.75, 3.05) is 19.8 Å². The van der Waals surface area contributed by atoms with Crippen LogP contribution in [0.25, 0.3) is 0 Å². The van der Waals surface area contributed by atoms with Gasteiger partial charge in [0.15, 0.2) is 0 Å². The van der Waals surface area contributed by atoms with Crippen molar-refractivity contribution in [1.29, 1.82) is 0 Å². The van der Waals surface area contributed by atoms with Crippen molar-refractivity contribution < 1.29 is 21.9 Å². The van der Waals surface area contributed by atoms with E-state index in [1.54, 1.807) is 0 Å². The first kappa shape index (κ1) is 17.2. The van der Waals surface area contributed by atoms with Crippen LogP contribution in [-0.4, -0.2) is 32.8 Å². The second-order valence-corrected chi connectivity index (χ2v) is 3.83. The van der Waals surface area contributed by atoms with E-state index in [9.17, 15) is 8.42 Å². The van der Waals surface area contributed by atoms with Crippen LogP contribution < -0.4 is 0 Å². The molecule has 0 atom stereocenters. The van der Waals surface area contributed by atoms with Crippen molar-refractivity contribution in [2.45, 2.75) is 40.0 Å². The lowest BCUT2D eigenvalue weighted by atomic mass is 10.3. The van der Waals surface area contributed by atoms with Crippen LogP contribution in [0.15, 0.2) is 0 Å². The largest absolute Gasteiger partial charge is 0.397 e. The molecule has 0 aliphatic rings. The van der Waals surface area contributed by atoms with Crippen LogP contribution in [0.3, 0.4) is 0 Å². The number of hydrogen-bond acceptors (Lipinski definition) is 4. The second kappa shape index (κ2) is 11.9. The van der Waals surface area contributed by atoms with Gasteiger partial charge < -0.3 is 4.74 Å². The molecule has 0 rings (SSSR count). The fraction of sp³-hybridized carbons (Fsp3) is 1.00. The molecule has 6 heteroatoms. The van der Waals surface area contributed by atoms with Gasteiger partial charge in [0.25, 0.3) is 0 Å². The Hall–Kier alpha value is -0.170. The minimum Gasteiger partial charge on any atom is -0.382 e. The molecular weight excluding hydrogens is 220 g/mol. The normalized spacial score (nSPS) is 10.7. The van der Waals surface area contributed by atoms with E-state index in [-0.39, 0.29) is 6.61 Å². The van der Waals surface area contributed by atoms with E-state index in [0.29, 0.717) is 6.42 Å². The van der Waals surface area contributed by atoms with Gasteiger partial charge in [0.05, 0.1) is 6.61 Å². The van der Waals surface area contributed by atoms with Gasteiger partial charge in [0.1, 0.15) is 0 Å². The summed E-state index contributed by atoms with van der Waals surface area (Å²) in [6.45, 7) is 7.74. The van der Waals surface area contributed by atoms with E-state index in [0.717, 1.165) is 26.1 Å². The Morgan fingerprint density at radius 3 is 1.87 bits per heavy atom. The Morgan fingerprint density at radius 2 is 1.60 bits per heavy atom. The van der Waals surface area contributed by atoms with Crippen molar-refractivity contribution in [3.63, 3.8) is 0 Å². The molecule has 1 N–H and O–H groups in total. The molecule has 0 aromatic carbocycles. The van der Waals surface area contributed by atoms with Crippen LogP contribution in [0.2, 0.25) is 0 Å². The van der Waals surface area contributed by atoms with Crippen LogP contribution in [-0.2, 0) is 19.3 Å². The first-order chi connectivity index (χ1) is 6.97. The lowest BCUT2D eigenvalue weighted by molar-refractivity contribution is 0.162. The molecule has 0 saturated heterocycles. The lowest BCUT2D eigenvalue weighted by Crippen LogP contribution is -2.04. The second-order valence-electron chi connectivity index (χ2n) is 2.74. The summed E-state index contributed by atoms with van der Waals surface area (Å²) in [7, 11) is -4.20. The summed E-state index contributed by atoms with van der Waals surface area (Å²) in [5.41, 5.74) is 0. The third-order valence-electron chi connectivity index (χ3n) is 1.39. The van der Waals surface area contributed by atoms with Crippen LogP contribution in [0.1, 0.15) is 40.0 Å². The number of hydrogen-bond donors (Lipinski definition) is 1. The molecule has 5 nitrogen and oxygen atoms in total. The highest BCUT2D eigenvalue weighted by Gasteiger charge is 2.01. The Balaban J connectivity index is 0. The summed E-state index contributed by atoms with van der Waals surface area (Å²) in [5.74, 6) is 0. The highest BCUT2D eigenvalue weighted by molar-refractivity contribution is 7.80. The third-order valence-corrected chi connectivity index (χ3v) is 1.85. The highest BCUT2D eigenvalue weighted by Crippen LogP contribution is 1.96. The molecular formula is C9H22O5S. The smallest absolute Gasteiger partial charge is 0.382 e. The van der Waals surface area contributed by atoms with Crippen molar-refractivity contribution in [3.05, 3.63) is 0 Å². The van der Waals surface area contributed by atoms with E-state index < -0.39 is 10.4 Å². The lowest BCUT2D eigenvalue weighted by Gasteiger charge is -1.96. The maximum atomic E-state index is 9.93. The Kier molecular flexibility index (Phi) is 13.7. The minimum atomic E-state index is -4.20. The monoisotopic (exact) mass is 242 g/mol. The summed E-state index contributed by atoms with van der Waals surface area (Å²) in [6, 6.07) is 0. The fourth-order valence-corrected chi connectivity index (χ4v) is 1.05. The average molecular weight is 242 g/mol. The van der Waals surface area contributed by atoms with Crippen LogP contribution in [0.4, 0.5) is 0 Å². The van der Waals surface area contributed by atoms with Gasteiger partial charge in [0, 0.05) is 13.2 Å². The summed E-state index contributed by atoms with van der Waals surface area (Å²) in [6.07, 6.45) is 2.57. The SMILES string of the molecule is CCCCCOS(=O)(=O)O.CCOCC. The van der Waals surface area contributed by atoms with Crippen molar-refractivity contribution in [1.82, 2.24) is 0 Å². The zero-order valence-electron chi connectivity index (χ0n) is 9.73. The molecule has 0 radical (unpaired) electrons. The topological polar surface area (TPSA) is 72.8 Å². The summed E-state index contributed by atoms with van der Waals surface area (Å²) < 4.78 is 36.8. The maximum absolute atomic E-state index is 9.93. The predicted molar refractivity (Wildman–Crippen MR) is 59.2 cm³/mol. The third kappa shape index (κ3) is 24.8. The average Bonchev–Trinajstić information content (AvgIpc) is 2.13. The van der Waals surface area contributed by atoms with E-state index in [4.69, 9.17) is 9.29 Å². The van der Waals surface area contributed by atoms with Crippen LogP contribution in [0, 0.1) is 0 Å². The number of ether oxygens (including phenoxy) is 1. The molecule has 0 spiro atoms.